The van der Waals surface area contributed by atoms with E-state index in [0.29, 0.717) is 17.3 Å². The zero-order valence-electron chi connectivity index (χ0n) is 13.1. The number of nitrogens with zero attached hydrogens (tertiary/aromatic N) is 5. The molecular weight excluding hydrogens is 308 g/mol. The molecule has 0 aliphatic carbocycles. The Morgan fingerprint density at radius 2 is 2.08 bits per heavy atom. The number of aromatic nitrogens is 3. The highest BCUT2D eigenvalue weighted by molar-refractivity contribution is 5.81. The Hall–Kier alpha value is -3.33. The zero-order chi connectivity index (χ0) is 17.1. The molecule has 1 aromatic carbocycles. The highest BCUT2D eigenvalue weighted by Gasteiger charge is 2.06. The van der Waals surface area contributed by atoms with E-state index in [2.05, 4.69) is 15.1 Å². The molecule has 2 aromatic heterocycles. The molecule has 0 atom stereocenters. The highest BCUT2D eigenvalue weighted by atomic mass is 16.5. The van der Waals surface area contributed by atoms with Crippen molar-refractivity contribution < 1.29 is 4.74 Å². The van der Waals surface area contributed by atoms with E-state index in [4.69, 9.17) is 22.0 Å². The summed E-state index contributed by atoms with van der Waals surface area (Å²) in [5.74, 6) is 6.63. The molecule has 9 heteroatoms. The van der Waals surface area contributed by atoms with Gasteiger partial charge in [0.15, 0.2) is 0 Å². The Balaban J connectivity index is 1.76. The van der Waals surface area contributed by atoms with Crippen molar-refractivity contribution in [1.29, 1.82) is 0 Å². The average Bonchev–Trinajstić information content (AvgIpc) is 2.87. The van der Waals surface area contributed by atoms with E-state index in [1.165, 1.54) is 6.33 Å². The van der Waals surface area contributed by atoms with Gasteiger partial charge in [-0.15, -0.1) is 5.10 Å². The lowest BCUT2D eigenvalue weighted by Gasteiger charge is -2.12. The first-order valence-electron chi connectivity index (χ1n) is 7.17. The van der Waals surface area contributed by atoms with Gasteiger partial charge < -0.3 is 20.8 Å². The van der Waals surface area contributed by atoms with Gasteiger partial charge in [-0.05, 0) is 24.3 Å². The summed E-state index contributed by atoms with van der Waals surface area (Å²) in [5, 5.41) is 5.89. The summed E-state index contributed by atoms with van der Waals surface area (Å²) in [6, 6.07) is 9.53. The number of hydrazone groups is 1. The van der Waals surface area contributed by atoms with Gasteiger partial charge in [0.05, 0.1) is 12.2 Å². The van der Waals surface area contributed by atoms with Crippen LogP contribution in [0.1, 0.15) is 5.69 Å². The molecular formula is C15H18N8O. The molecule has 0 bridgehead atoms. The van der Waals surface area contributed by atoms with Crippen LogP contribution in [0.4, 0.5) is 0 Å². The van der Waals surface area contributed by atoms with Crippen LogP contribution in [0.2, 0.25) is 0 Å². The molecule has 124 valence electrons. The third-order valence-electron chi connectivity index (χ3n) is 3.35. The average molecular weight is 326 g/mol. The second-order valence-corrected chi connectivity index (χ2v) is 5.22. The van der Waals surface area contributed by atoms with Crippen molar-refractivity contribution in [3.05, 3.63) is 48.5 Å². The number of hydrazine groups is 1. The summed E-state index contributed by atoms with van der Waals surface area (Å²) in [4.78, 5) is 8.22. The second-order valence-electron chi connectivity index (χ2n) is 5.22. The Morgan fingerprint density at radius 3 is 2.88 bits per heavy atom. The first-order valence-corrected chi connectivity index (χ1v) is 7.17. The van der Waals surface area contributed by atoms with E-state index >= 15 is 0 Å². The fraction of sp³-hybridized carbons (Fsp3) is 0.133. The molecule has 0 saturated heterocycles. The van der Waals surface area contributed by atoms with E-state index in [1.54, 1.807) is 6.07 Å². The minimum atomic E-state index is -0.126. The van der Waals surface area contributed by atoms with Gasteiger partial charge in [0.1, 0.15) is 12.1 Å². The third-order valence-corrected chi connectivity index (χ3v) is 3.35. The second kappa shape index (κ2) is 6.42. The van der Waals surface area contributed by atoms with Gasteiger partial charge in [-0.2, -0.15) is 0 Å². The standard InChI is InChI=1S/C15H18N8O/c1-22-5-4-10-6-12(2-3-13(10)22)24-14-7-11(19-9-20-14)8-23(18)21-15(16)17/h2-7,9H,8,18H2,1H3,(H4,16,17,21). The van der Waals surface area contributed by atoms with Crippen LogP contribution in [-0.4, -0.2) is 25.6 Å². The molecule has 9 nitrogen and oxygen atoms in total. The van der Waals surface area contributed by atoms with Gasteiger partial charge in [-0.3, -0.25) is 0 Å². The van der Waals surface area contributed by atoms with E-state index < -0.39 is 0 Å². The fourth-order valence-corrected chi connectivity index (χ4v) is 2.31. The Morgan fingerprint density at radius 1 is 1.25 bits per heavy atom. The Kier molecular flexibility index (Phi) is 4.17. The van der Waals surface area contributed by atoms with Crippen LogP contribution >= 0.6 is 0 Å². The van der Waals surface area contributed by atoms with Gasteiger partial charge in [-0.25, -0.2) is 20.9 Å². The lowest BCUT2D eigenvalue weighted by Crippen LogP contribution is -2.32. The summed E-state index contributed by atoms with van der Waals surface area (Å²) in [6.45, 7) is 0.217. The molecule has 3 aromatic rings. The molecule has 0 aliphatic rings. The number of aryl methyl sites for hydroxylation is 1. The van der Waals surface area contributed by atoms with Crippen LogP contribution in [0.25, 0.3) is 10.9 Å². The minimum Gasteiger partial charge on any atom is -0.439 e. The van der Waals surface area contributed by atoms with Gasteiger partial charge in [0.2, 0.25) is 11.8 Å². The number of benzene rings is 1. The van der Waals surface area contributed by atoms with Crippen LogP contribution in [0, 0.1) is 0 Å². The summed E-state index contributed by atoms with van der Waals surface area (Å²) < 4.78 is 7.84. The van der Waals surface area contributed by atoms with Crippen LogP contribution in [0.15, 0.2) is 48.0 Å². The Bertz CT molecular complexity index is 884. The van der Waals surface area contributed by atoms with Crippen molar-refractivity contribution in [3.63, 3.8) is 0 Å². The maximum atomic E-state index is 5.79. The molecule has 0 unspecified atom stereocenters. The number of fused-ring (bicyclic) bond motifs is 1. The summed E-state index contributed by atoms with van der Waals surface area (Å²) in [7, 11) is 1.99. The predicted octanol–water partition coefficient (Wildman–Crippen LogP) is 0.625. The smallest absolute Gasteiger partial charge is 0.222 e. The number of nitrogens with two attached hydrogens (primary N) is 3. The lowest BCUT2D eigenvalue weighted by molar-refractivity contribution is 0.285. The molecule has 0 aliphatic heterocycles. The van der Waals surface area contributed by atoms with E-state index in [0.717, 1.165) is 16.0 Å². The molecule has 0 fully saturated rings. The summed E-state index contributed by atoms with van der Waals surface area (Å²) >= 11 is 0. The van der Waals surface area contributed by atoms with E-state index in [-0.39, 0.29) is 12.5 Å². The zero-order valence-corrected chi connectivity index (χ0v) is 13.1. The van der Waals surface area contributed by atoms with Crippen molar-refractivity contribution in [2.45, 2.75) is 6.54 Å². The number of hydrogen-bond donors (Lipinski definition) is 3. The first kappa shape index (κ1) is 15.6. The maximum absolute atomic E-state index is 5.79. The van der Waals surface area contributed by atoms with Gasteiger partial charge in [0, 0.05) is 30.2 Å². The van der Waals surface area contributed by atoms with Gasteiger partial charge in [0.25, 0.3) is 0 Å². The normalized spacial score (nSPS) is 10.6. The predicted molar refractivity (Wildman–Crippen MR) is 90.6 cm³/mol. The van der Waals surface area contributed by atoms with Crippen LogP contribution < -0.4 is 22.0 Å². The minimum absolute atomic E-state index is 0.126. The van der Waals surface area contributed by atoms with Crippen molar-refractivity contribution in [3.8, 4) is 11.6 Å². The fourth-order valence-electron chi connectivity index (χ4n) is 2.31. The molecule has 0 amide bonds. The van der Waals surface area contributed by atoms with E-state index in [1.807, 2.05) is 42.1 Å². The molecule has 0 radical (unpaired) electrons. The number of guanidine groups is 1. The maximum Gasteiger partial charge on any atom is 0.222 e. The van der Waals surface area contributed by atoms with Crippen LogP contribution in [-0.2, 0) is 13.6 Å². The third kappa shape index (κ3) is 3.52. The SMILES string of the molecule is Cn1ccc2cc(Oc3cc(CN(N)N=C(N)N)ncn3)ccc21. The number of rotatable bonds is 5. The molecule has 3 rings (SSSR count). The quantitative estimate of drug-likeness (QED) is 0.271. The lowest BCUT2D eigenvalue weighted by atomic mass is 10.2. The monoisotopic (exact) mass is 326 g/mol. The molecule has 6 N–H and O–H groups in total. The van der Waals surface area contributed by atoms with Crippen molar-refractivity contribution in [2.24, 2.45) is 29.5 Å². The van der Waals surface area contributed by atoms with Crippen LogP contribution in [0.3, 0.4) is 0 Å². The number of ether oxygens (including phenoxy) is 1. The molecule has 0 spiro atoms. The topological polar surface area (TPSA) is 134 Å². The summed E-state index contributed by atoms with van der Waals surface area (Å²) in [6.07, 6.45) is 3.39. The van der Waals surface area contributed by atoms with E-state index in [9.17, 15) is 0 Å². The summed E-state index contributed by atoms with van der Waals surface area (Å²) in [5.41, 5.74) is 12.3. The van der Waals surface area contributed by atoms with Gasteiger partial charge >= 0.3 is 0 Å². The molecule has 2 heterocycles. The van der Waals surface area contributed by atoms with Gasteiger partial charge in [-0.1, -0.05) is 0 Å². The van der Waals surface area contributed by atoms with Crippen molar-refractivity contribution >= 4 is 16.9 Å². The largest absolute Gasteiger partial charge is 0.439 e. The van der Waals surface area contributed by atoms with Crippen molar-refractivity contribution in [1.82, 2.24) is 19.7 Å². The molecule has 0 saturated carbocycles. The number of hydrogen-bond acceptors (Lipinski definition) is 6. The Labute approximate surface area is 138 Å². The van der Waals surface area contributed by atoms with Crippen LogP contribution in [0.5, 0.6) is 11.6 Å². The first-order chi connectivity index (χ1) is 11.5. The molecule has 24 heavy (non-hydrogen) atoms. The van der Waals surface area contributed by atoms with Crippen molar-refractivity contribution in [2.75, 3.05) is 0 Å². The highest BCUT2D eigenvalue weighted by Crippen LogP contribution is 2.25.